The second-order valence-electron chi connectivity index (χ2n) is 6.64. The van der Waals surface area contributed by atoms with Crippen LogP contribution in [-0.4, -0.2) is 41.6 Å². The first-order valence-corrected chi connectivity index (χ1v) is 9.04. The van der Waals surface area contributed by atoms with Gasteiger partial charge in [-0.3, -0.25) is 4.79 Å². The van der Waals surface area contributed by atoms with Crippen molar-refractivity contribution < 1.29 is 14.1 Å². The molecule has 1 heterocycles. The Morgan fingerprint density at radius 2 is 1.86 bits per heavy atom. The molecular weight excluding hydrogens is 356 g/mol. The quantitative estimate of drug-likeness (QED) is 0.647. The highest BCUT2D eigenvalue weighted by Gasteiger charge is 2.15. The average Bonchev–Trinajstić information content (AvgIpc) is 3.12. The van der Waals surface area contributed by atoms with Crippen LogP contribution in [0.2, 0.25) is 0 Å². The molecule has 2 aromatic carbocycles. The SMILES string of the molecule is Cc1nc(COc2ccc(C(=O)NC[C@@H](c3ccccc3)N(C)C)cc2)no1. The van der Waals surface area contributed by atoms with Crippen molar-refractivity contribution in [3.8, 4) is 5.75 Å². The molecule has 3 aromatic rings. The molecule has 0 aliphatic heterocycles. The number of hydrogen-bond donors (Lipinski definition) is 1. The molecule has 1 N–H and O–H groups in total. The molecule has 0 spiro atoms. The summed E-state index contributed by atoms with van der Waals surface area (Å²) in [6.45, 7) is 2.46. The van der Waals surface area contributed by atoms with Crippen molar-refractivity contribution in [1.29, 1.82) is 0 Å². The fourth-order valence-electron chi connectivity index (χ4n) is 2.82. The van der Waals surface area contributed by atoms with E-state index in [2.05, 4.69) is 32.5 Å². The second-order valence-corrected chi connectivity index (χ2v) is 6.64. The van der Waals surface area contributed by atoms with Gasteiger partial charge in [0.2, 0.25) is 11.7 Å². The molecule has 0 bridgehead atoms. The predicted octanol–water partition coefficient (Wildman–Crippen LogP) is 2.99. The maximum absolute atomic E-state index is 12.5. The summed E-state index contributed by atoms with van der Waals surface area (Å²) in [5.74, 6) is 1.49. The molecule has 3 rings (SSSR count). The van der Waals surface area contributed by atoms with E-state index in [9.17, 15) is 4.79 Å². The summed E-state index contributed by atoms with van der Waals surface area (Å²) in [4.78, 5) is 18.7. The third kappa shape index (κ3) is 5.17. The molecule has 1 aromatic heterocycles. The van der Waals surface area contributed by atoms with Crippen LogP contribution >= 0.6 is 0 Å². The zero-order valence-electron chi connectivity index (χ0n) is 16.3. The monoisotopic (exact) mass is 380 g/mol. The number of nitrogens with one attached hydrogen (secondary N) is 1. The van der Waals surface area contributed by atoms with Crippen molar-refractivity contribution in [3.05, 3.63) is 77.4 Å². The van der Waals surface area contributed by atoms with Crippen LogP contribution in [0.4, 0.5) is 0 Å². The van der Waals surface area contributed by atoms with E-state index in [0.29, 0.717) is 29.6 Å². The third-order valence-electron chi connectivity index (χ3n) is 4.32. The van der Waals surface area contributed by atoms with Crippen molar-refractivity contribution in [3.63, 3.8) is 0 Å². The number of aryl methyl sites for hydroxylation is 1. The van der Waals surface area contributed by atoms with Crippen LogP contribution in [0.1, 0.15) is 33.7 Å². The fraction of sp³-hybridized carbons (Fsp3) is 0.286. The Labute approximate surface area is 164 Å². The largest absolute Gasteiger partial charge is 0.485 e. The lowest BCUT2D eigenvalue weighted by molar-refractivity contribution is 0.0942. The van der Waals surface area contributed by atoms with E-state index >= 15 is 0 Å². The van der Waals surface area contributed by atoms with Crippen LogP contribution in [0.25, 0.3) is 0 Å². The number of aromatic nitrogens is 2. The summed E-state index contributed by atoms with van der Waals surface area (Å²) in [5.41, 5.74) is 1.74. The predicted molar refractivity (Wildman–Crippen MR) is 105 cm³/mol. The molecule has 28 heavy (non-hydrogen) atoms. The van der Waals surface area contributed by atoms with Gasteiger partial charge in [-0.15, -0.1) is 0 Å². The Morgan fingerprint density at radius 3 is 2.46 bits per heavy atom. The van der Waals surface area contributed by atoms with E-state index in [0.717, 1.165) is 5.56 Å². The van der Waals surface area contributed by atoms with Gasteiger partial charge in [-0.25, -0.2) is 0 Å². The summed E-state index contributed by atoms with van der Waals surface area (Å²) in [5, 5.41) is 6.78. The molecular formula is C21H24N4O3. The zero-order valence-corrected chi connectivity index (χ0v) is 16.3. The first kappa shape index (κ1) is 19.6. The summed E-state index contributed by atoms with van der Waals surface area (Å²) in [7, 11) is 4.00. The van der Waals surface area contributed by atoms with E-state index in [-0.39, 0.29) is 18.6 Å². The fourth-order valence-corrected chi connectivity index (χ4v) is 2.82. The summed E-state index contributed by atoms with van der Waals surface area (Å²) in [6, 6.07) is 17.2. The van der Waals surface area contributed by atoms with Crippen LogP contribution in [0.5, 0.6) is 5.75 Å². The number of carbonyl (C=O) groups is 1. The third-order valence-corrected chi connectivity index (χ3v) is 4.32. The van der Waals surface area contributed by atoms with E-state index in [1.165, 1.54) is 0 Å². The highest BCUT2D eigenvalue weighted by atomic mass is 16.5. The smallest absolute Gasteiger partial charge is 0.251 e. The molecule has 0 fully saturated rings. The minimum Gasteiger partial charge on any atom is -0.485 e. The number of benzene rings is 2. The Kier molecular flexibility index (Phi) is 6.39. The number of likely N-dealkylation sites (N-methyl/N-ethyl adjacent to an activating group) is 1. The first-order chi connectivity index (χ1) is 13.5. The molecule has 0 radical (unpaired) electrons. The Morgan fingerprint density at radius 1 is 1.14 bits per heavy atom. The van der Waals surface area contributed by atoms with Gasteiger partial charge in [0, 0.05) is 19.0 Å². The van der Waals surface area contributed by atoms with Crippen LogP contribution in [-0.2, 0) is 6.61 Å². The molecule has 0 unspecified atom stereocenters. The van der Waals surface area contributed by atoms with Crippen molar-refractivity contribution in [2.75, 3.05) is 20.6 Å². The Bertz CT molecular complexity index is 892. The lowest BCUT2D eigenvalue weighted by Gasteiger charge is -2.25. The van der Waals surface area contributed by atoms with Crippen molar-refractivity contribution >= 4 is 5.91 Å². The van der Waals surface area contributed by atoms with Gasteiger partial charge < -0.3 is 19.5 Å². The van der Waals surface area contributed by atoms with E-state index in [4.69, 9.17) is 9.26 Å². The van der Waals surface area contributed by atoms with Gasteiger partial charge in [-0.2, -0.15) is 4.98 Å². The average molecular weight is 380 g/mol. The van der Waals surface area contributed by atoms with Gasteiger partial charge in [-0.05, 0) is 43.9 Å². The summed E-state index contributed by atoms with van der Waals surface area (Å²) < 4.78 is 10.5. The Hall–Kier alpha value is -3.19. The minimum atomic E-state index is -0.122. The van der Waals surface area contributed by atoms with E-state index in [1.54, 1.807) is 31.2 Å². The molecule has 7 nitrogen and oxygen atoms in total. The molecule has 1 amide bonds. The normalized spacial score (nSPS) is 12.0. The highest BCUT2D eigenvalue weighted by Crippen LogP contribution is 2.17. The molecule has 0 saturated carbocycles. The standard InChI is InChI=1S/C21H24N4O3/c1-15-23-20(24-28-15)14-27-18-11-9-17(10-12-18)21(26)22-13-19(25(2)3)16-7-5-4-6-8-16/h4-12,19H,13-14H2,1-3H3,(H,22,26)/t19-/m0/s1. The Balaban J connectivity index is 1.55. The number of nitrogens with zero attached hydrogens (tertiary/aromatic N) is 3. The van der Waals surface area contributed by atoms with Gasteiger partial charge in [0.1, 0.15) is 5.75 Å². The molecule has 1 atom stereocenters. The number of carbonyl (C=O) groups excluding carboxylic acids is 1. The van der Waals surface area contributed by atoms with Gasteiger partial charge in [0.05, 0.1) is 6.04 Å². The second kappa shape index (κ2) is 9.14. The molecule has 7 heteroatoms. The molecule has 0 saturated heterocycles. The van der Waals surface area contributed by atoms with Gasteiger partial charge in [-0.1, -0.05) is 35.5 Å². The van der Waals surface area contributed by atoms with Crippen LogP contribution < -0.4 is 10.1 Å². The lowest BCUT2D eigenvalue weighted by atomic mass is 10.1. The van der Waals surface area contributed by atoms with Crippen LogP contribution in [0.15, 0.2) is 59.1 Å². The van der Waals surface area contributed by atoms with Crippen LogP contribution in [0.3, 0.4) is 0 Å². The first-order valence-electron chi connectivity index (χ1n) is 9.04. The number of rotatable bonds is 8. The molecule has 146 valence electrons. The summed E-state index contributed by atoms with van der Waals surface area (Å²) >= 11 is 0. The van der Waals surface area contributed by atoms with Crippen molar-refractivity contribution in [2.24, 2.45) is 0 Å². The summed E-state index contributed by atoms with van der Waals surface area (Å²) in [6.07, 6.45) is 0. The molecule has 0 aliphatic carbocycles. The van der Waals surface area contributed by atoms with Crippen molar-refractivity contribution in [2.45, 2.75) is 19.6 Å². The lowest BCUT2D eigenvalue weighted by Crippen LogP contribution is -2.34. The number of amides is 1. The topological polar surface area (TPSA) is 80.5 Å². The van der Waals surface area contributed by atoms with E-state index in [1.807, 2.05) is 32.3 Å². The van der Waals surface area contributed by atoms with Gasteiger partial charge >= 0.3 is 0 Å². The van der Waals surface area contributed by atoms with E-state index < -0.39 is 0 Å². The van der Waals surface area contributed by atoms with Gasteiger partial charge in [0.15, 0.2) is 6.61 Å². The zero-order chi connectivity index (χ0) is 19.9. The maximum atomic E-state index is 12.5. The number of hydrogen-bond acceptors (Lipinski definition) is 6. The van der Waals surface area contributed by atoms with Crippen molar-refractivity contribution in [1.82, 2.24) is 20.4 Å². The van der Waals surface area contributed by atoms with Gasteiger partial charge in [0.25, 0.3) is 5.91 Å². The van der Waals surface area contributed by atoms with Crippen LogP contribution in [0, 0.1) is 6.92 Å². The number of ether oxygens (including phenoxy) is 1. The minimum absolute atomic E-state index is 0.103. The molecule has 0 aliphatic rings. The highest BCUT2D eigenvalue weighted by molar-refractivity contribution is 5.94. The maximum Gasteiger partial charge on any atom is 0.251 e.